The van der Waals surface area contributed by atoms with Crippen LogP contribution in [0, 0.1) is 0 Å². The van der Waals surface area contributed by atoms with Crippen LogP contribution in [0.2, 0.25) is 0 Å². The van der Waals surface area contributed by atoms with E-state index in [2.05, 4.69) is 0 Å². The molecule has 0 saturated heterocycles. The molecule has 17 heavy (non-hydrogen) atoms. The number of Topliss-reactive ketones (excluding diaryl/α,β-unsaturated/α-hetero) is 1. The van der Waals surface area contributed by atoms with Crippen LogP contribution in [0.1, 0.15) is 32.8 Å². The van der Waals surface area contributed by atoms with Crippen LogP contribution in [0.4, 0.5) is 0 Å². The largest absolute Gasteiger partial charge is 0.460 e. The third kappa shape index (κ3) is 3.70. The van der Waals surface area contributed by atoms with Gasteiger partial charge in [0.1, 0.15) is 0 Å². The van der Waals surface area contributed by atoms with Crippen molar-refractivity contribution in [2.45, 2.75) is 32.6 Å². The Kier molecular flexibility index (Phi) is 4.44. The molecule has 0 saturated carbocycles. The van der Waals surface area contributed by atoms with Crippen LogP contribution in [0.3, 0.4) is 0 Å². The molecule has 0 fully saturated rings. The molecule has 0 N–H and O–H groups in total. The van der Waals surface area contributed by atoms with Gasteiger partial charge in [0.05, 0.1) is 6.61 Å². The van der Waals surface area contributed by atoms with Crippen molar-refractivity contribution in [2.24, 2.45) is 0 Å². The van der Waals surface area contributed by atoms with Crippen molar-refractivity contribution in [3.63, 3.8) is 0 Å². The Labute approximate surface area is 102 Å². The minimum Gasteiger partial charge on any atom is -0.460 e. The van der Waals surface area contributed by atoms with Crippen LogP contribution in [-0.2, 0) is 19.7 Å². The van der Waals surface area contributed by atoms with Crippen molar-refractivity contribution >= 4 is 11.8 Å². The Balaban J connectivity index is 2.73. The normalized spacial score (nSPS) is 11.0. The van der Waals surface area contributed by atoms with E-state index >= 15 is 0 Å². The van der Waals surface area contributed by atoms with Crippen molar-refractivity contribution in [2.75, 3.05) is 6.61 Å². The fourth-order valence-electron chi connectivity index (χ4n) is 1.68. The first-order chi connectivity index (χ1) is 7.97. The molecule has 0 unspecified atom stereocenters. The molecule has 0 amide bonds. The molecule has 1 rings (SSSR count). The van der Waals surface area contributed by atoms with E-state index < -0.39 is 11.8 Å². The van der Waals surface area contributed by atoms with Gasteiger partial charge in [0.2, 0.25) is 5.78 Å². The Morgan fingerprint density at radius 2 is 1.76 bits per heavy atom. The van der Waals surface area contributed by atoms with Crippen molar-refractivity contribution in [3.05, 3.63) is 35.9 Å². The summed E-state index contributed by atoms with van der Waals surface area (Å²) in [5.74, 6) is -1.21. The highest BCUT2D eigenvalue weighted by atomic mass is 16.5. The van der Waals surface area contributed by atoms with Gasteiger partial charge >= 0.3 is 5.97 Å². The molecule has 0 spiro atoms. The van der Waals surface area contributed by atoms with Crippen LogP contribution in [0.15, 0.2) is 30.3 Å². The van der Waals surface area contributed by atoms with Crippen molar-refractivity contribution < 1.29 is 14.3 Å². The van der Waals surface area contributed by atoms with Gasteiger partial charge < -0.3 is 4.74 Å². The number of hydrogen-bond acceptors (Lipinski definition) is 3. The van der Waals surface area contributed by atoms with Gasteiger partial charge in [-0.05, 0) is 17.9 Å². The number of rotatable bonds is 5. The molecule has 3 nitrogen and oxygen atoms in total. The highest BCUT2D eigenvalue weighted by Gasteiger charge is 2.28. The Hall–Kier alpha value is -1.64. The summed E-state index contributed by atoms with van der Waals surface area (Å²) in [4.78, 5) is 22.9. The standard InChI is InChI=1S/C14H18O3/c1-4-17-13(16)12(15)10-14(2,3)11-8-6-5-7-9-11/h5-9H,4,10H2,1-3H3. The minimum atomic E-state index is -0.739. The molecule has 0 aliphatic rings. The van der Waals surface area contributed by atoms with Crippen molar-refractivity contribution in [3.8, 4) is 0 Å². The Bertz CT molecular complexity index is 393. The molecule has 0 aliphatic heterocycles. The molecule has 3 heteroatoms. The van der Waals surface area contributed by atoms with Gasteiger partial charge in [-0.1, -0.05) is 44.2 Å². The molecule has 0 aromatic heterocycles. The zero-order valence-corrected chi connectivity index (χ0v) is 10.5. The SMILES string of the molecule is CCOC(=O)C(=O)CC(C)(C)c1ccccc1. The highest BCUT2D eigenvalue weighted by molar-refractivity contribution is 6.33. The summed E-state index contributed by atoms with van der Waals surface area (Å²) in [6, 6.07) is 9.68. The van der Waals surface area contributed by atoms with Crippen molar-refractivity contribution in [1.82, 2.24) is 0 Å². The zero-order chi connectivity index (χ0) is 12.9. The van der Waals surface area contributed by atoms with Crippen molar-refractivity contribution in [1.29, 1.82) is 0 Å². The second-order valence-corrected chi connectivity index (χ2v) is 4.57. The van der Waals surface area contributed by atoms with Crippen LogP contribution in [0.5, 0.6) is 0 Å². The molecule has 0 radical (unpaired) electrons. The first kappa shape index (κ1) is 13.4. The van der Waals surface area contributed by atoms with Gasteiger partial charge in [0, 0.05) is 6.42 Å². The second-order valence-electron chi connectivity index (χ2n) is 4.57. The monoisotopic (exact) mass is 234 g/mol. The molecular weight excluding hydrogens is 216 g/mol. The third-order valence-electron chi connectivity index (χ3n) is 2.66. The minimum absolute atomic E-state index is 0.163. The van der Waals surface area contributed by atoms with Gasteiger partial charge in [0.15, 0.2) is 0 Å². The predicted molar refractivity (Wildman–Crippen MR) is 65.7 cm³/mol. The topological polar surface area (TPSA) is 43.4 Å². The quantitative estimate of drug-likeness (QED) is 0.580. The molecule has 1 aromatic carbocycles. The lowest BCUT2D eigenvalue weighted by Crippen LogP contribution is -2.27. The molecule has 0 bridgehead atoms. The molecular formula is C14H18O3. The maximum absolute atomic E-state index is 11.6. The van der Waals surface area contributed by atoms with Crippen LogP contribution < -0.4 is 0 Å². The van der Waals surface area contributed by atoms with E-state index in [-0.39, 0.29) is 18.4 Å². The predicted octanol–water partition coefficient (Wildman–Crippen LogP) is 2.49. The molecule has 1 aromatic rings. The van der Waals surface area contributed by atoms with E-state index in [0.717, 1.165) is 5.56 Å². The molecule has 0 heterocycles. The van der Waals surface area contributed by atoms with E-state index in [1.807, 2.05) is 44.2 Å². The Morgan fingerprint density at radius 1 is 1.18 bits per heavy atom. The lowest BCUT2D eigenvalue weighted by Gasteiger charge is -2.23. The number of carbonyl (C=O) groups is 2. The van der Waals surface area contributed by atoms with E-state index in [1.165, 1.54) is 0 Å². The number of hydrogen-bond donors (Lipinski definition) is 0. The fourth-order valence-corrected chi connectivity index (χ4v) is 1.68. The maximum Gasteiger partial charge on any atom is 0.374 e. The van der Waals surface area contributed by atoms with E-state index in [1.54, 1.807) is 6.92 Å². The first-order valence-corrected chi connectivity index (χ1v) is 5.73. The number of carbonyl (C=O) groups excluding carboxylic acids is 2. The summed E-state index contributed by atoms with van der Waals surface area (Å²) in [6.07, 6.45) is 0.163. The van der Waals surface area contributed by atoms with Crippen LogP contribution in [-0.4, -0.2) is 18.4 Å². The second kappa shape index (κ2) is 5.62. The van der Waals surface area contributed by atoms with E-state index in [0.29, 0.717) is 0 Å². The van der Waals surface area contributed by atoms with Gasteiger partial charge in [-0.25, -0.2) is 4.79 Å². The average molecular weight is 234 g/mol. The zero-order valence-electron chi connectivity index (χ0n) is 10.5. The summed E-state index contributed by atoms with van der Waals surface area (Å²) in [7, 11) is 0. The Morgan fingerprint density at radius 3 is 2.29 bits per heavy atom. The van der Waals surface area contributed by atoms with Gasteiger partial charge in [-0.15, -0.1) is 0 Å². The highest BCUT2D eigenvalue weighted by Crippen LogP contribution is 2.27. The van der Waals surface area contributed by atoms with E-state index in [4.69, 9.17) is 4.74 Å². The lowest BCUT2D eigenvalue weighted by molar-refractivity contribution is -0.154. The third-order valence-corrected chi connectivity index (χ3v) is 2.66. The summed E-state index contributed by atoms with van der Waals surface area (Å²) in [6.45, 7) is 5.81. The smallest absolute Gasteiger partial charge is 0.374 e. The average Bonchev–Trinajstić information content (AvgIpc) is 2.30. The van der Waals surface area contributed by atoms with Gasteiger partial charge in [-0.3, -0.25) is 4.79 Å². The lowest BCUT2D eigenvalue weighted by atomic mass is 9.80. The number of esters is 1. The first-order valence-electron chi connectivity index (χ1n) is 5.73. The van der Waals surface area contributed by atoms with Crippen LogP contribution >= 0.6 is 0 Å². The molecule has 0 aliphatic carbocycles. The van der Waals surface area contributed by atoms with Crippen LogP contribution in [0.25, 0.3) is 0 Å². The summed E-state index contributed by atoms with van der Waals surface area (Å²) >= 11 is 0. The number of benzene rings is 1. The number of ether oxygens (including phenoxy) is 1. The maximum atomic E-state index is 11.6. The molecule has 0 atom stereocenters. The summed E-state index contributed by atoms with van der Waals surface area (Å²) < 4.78 is 4.70. The summed E-state index contributed by atoms with van der Waals surface area (Å²) in [5.41, 5.74) is 0.683. The number of ketones is 1. The fraction of sp³-hybridized carbons (Fsp3) is 0.429. The van der Waals surface area contributed by atoms with Gasteiger partial charge in [0.25, 0.3) is 0 Å². The van der Waals surface area contributed by atoms with E-state index in [9.17, 15) is 9.59 Å². The van der Waals surface area contributed by atoms with Gasteiger partial charge in [-0.2, -0.15) is 0 Å². The summed E-state index contributed by atoms with van der Waals surface area (Å²) in [5, 5.41) is 0. The molecule has 92 valence electrons.